The molecule has 0 aliphatic carbocycles. The molecule has 0 radical (unpaired) electrons. The highest BCUT2D eigenvalue weighted by Gasteiger charge is 2.30. The van der Waals surface area contributed by atoms with Crippen LogP contribution >= 0.6 is 0 Å². The molecule has 28 heavy (non-hydrogen) atoms. The number of likely N-dealkylation sites (tertiary alicyclic amines) is 1. The zero-order chi connectivity index (χ0) is 20.1. The Morgan fingerprint density at radius 2 is 2.00 bits per heavy atom. The van der Waals surface area contributed by atoms with Gasteiger partial charge in [0.05, 0.1) is 26.9 Å². The Labute approximate surface area is 165 Å². The van der Waals surface area contributed by atoms with E-state index in [0.29, 0.717) is 37.7 Å². The Hall–Kier alpha value is -2.52. The van der Waals surface area contributed by atoms with Crippen LogP contribution < -0.4 is 25.4 Å². The van der Waals surface area contributed by atoms with Gasteiger partial charge in [0, 0.05) is 44.5 Å². The second kappa shape index (κ2) is 9.11. The molecule has 0 saturated carbocycles. The third kappa shape index (κ3) is 4.31. The molecule has 0 bridgehead atoms. The van der Waals surface area contributed by atoms with E-state index in [1.54, 1.807) is 41.1 Å². The van der Waals surface area contributed by atoms with Gasteiger partial charge in [-0.05, 0) is 25.0 Å². The van der Waals surface area contributed by atoms with Crippen molar-refractivity contribution >= 4 is 17.6 Å². The lowest BCUT2D eigenvalue weighted by molar-refractivity contribution is -0.130. The predicted octanol–water partition coefficient (Wildman–Crippen LogP) is 0.443. The topological polar surface area (TPSA) is 100 Å². The summed E-state index contributed by atoms with van der Waals surface area (Å²) in [5.41, 5.74) is 6.69. The molecule has 1 aromatic rings. The van der Waals surface area contributed by atoms with Gasteiger partial charge in [0.25, 0.3) is 0 Å². The lowest BCUT2D eigenvalue weighted by Crippen LogP contribution is -2.46. The van der Waals surface area contributed by atoms with Crippen LogP contribution in [0.2, 0.25) is 0 Å². The number of nitrogens with two attached hydrogens (primary N) is 1. The molecule has 2 saturated heterocycles. The Kier molecular flexibility index (Phi) is 6.58. The summed E-state index contributed by atoms with van der Waals surface area (Å²) < 4.78 is 10.6. The van der Waals surface area contributed by atoms with Crippen molar-refractivity contribution in [1.29, 1.82) is 0 Å². The maximum absolute atomic E-state index is 12.7. The number of urea groups is 1. The summed E-state index contributed by atoms with van der Waals surface area (Å²) in [6, 6.07) is 5.39. The maximum Gasteiger partial charge on any atom is 0.324 e. The van der Waals surface area contributed by atoms with Crippen molar-refractivity contribution in [2.75, 3.05) is 58.4 Å². The van der Waals surface area contributed by atoms with Gasteiger partial charge < -0.3 is 30.3 Å². The van der Waals surface area contributed by atoms with Gasteiger partial charge in [-0.15, -0.1) is 0 Å². The van der Waals surface area contributed by atoms with Crippen molar-refractivity contribution < 1.29 is 19.1 Å². The van der Waals surface area contributed by atoms with Crippen molar-refractivity contribution in [2.24, 2.45) is 5.73 Å². The molecule has 0 unspecified atom stereocenters. The Morgan fingerprint density at radius 3 is 2.68 bits per heavy atom. The molecule has 0 aromatic heterocycles. The SMILES string of the molecule is COc1ccc(N2CCN(CCNCC(=O)N3CCC[C@H]3N)C2=O)cc1OC. The van der Waals surface area contributed by atoms with E-state index in [9.17, 15) is 9.59 Å². The zero-order valence-electron chi connectivity index (χ0n) is 16.5. The molecule has 154 valence electrons. The lowest BCUT2D eigenvalue weighted by atomic mass is 10.2. The Morgan fingerprint density at radius 1 is 1.21 bits per heavy atom. The number of carbonyl (C=O) groups is 2. The van der Waals surface area contributed by atoms with Crippen LogP contribution in [-0.4, -0.2) is 81.4 Å². The summed E-state index contributed by atoms with van der Waals surface area (Å²) in [5.74, 6) is 1.23. The molecule has 3 amide bonds. The Balaban J connectivity index is 1.47. The number of nitrogens with one attached hydrogen (secondary N) is 1. The number of hydrogen-bond acceptors (Lipinski definition) is 6. The van der Waals surface area contributed by atoms with E-state index in [-0.39, 0.29) is 24.6 Å². The first kappa shape index (κ1) is 20.2. The maximum atomic E-state index is 12.7. The average molecular weight is 391 g/mol. The molecule has 1 aromatic carbocycles. The fourth-order valence-corrected chi connectivity index (χ4v) is 3.64. The summed E-state index contributed by atoms with van der Waals surface area (Å²) in [5, 5.41) is 3.12. The van der Waals surface area contributed by atoms with E-state index < -0.39 is 0 Å². The van der Waals surface area contributed by atoms with E-state index in [1.165, 1.54) is 0 Å². The minimum absolute atomic E-state index is 0.0182. The smallest absolute Gasteiger partial charge is 0.324 e. The van der Waals surface area contributed by atoms with E-state index in [1.807, 2.05) is 6.07 Å². The molecular formula is C19H29N5O4. The van der Waals surface area contributed by atoms with Gasteiger partial charge in [0.15, 0.2) is 11.5 Å². The second-order valence-corrected chi connectivity index (χ2v) is 6.93. The molecule has 3 N–H and O–H groups in total. The third-order valence-electron chi connectivity index (χ3n) is 5.23. The first-order chi connectivity index (χ1) is 13.5. The van der Waals surface area contributed by atoms with Gasteiger partial charge in [-0.1, -0.05) is 0 Å². The molecule has 1 atom stereocenters. The quantitative estimate of drug-likeness (QED) is 0.624. The largest absolute Gasteiger partial charge is 0.493 e. The van der Waals surface area contributed by atoms with Crippen molar-refractivity contribution in [3.63, 3.8) is 0 Å². The van der Waals surface area contributed by atoms with Crippen LogP contribution in [0.3, 0.4) is 0 Å². The lowest BCUT2D eigenvalue weighted by Gasteiger charge is -2.22. The number of ether oxygens (including phenoxy) is 2. The molecule has 2 aliphatic heterocycles. The first-order valence-corrected chi connectivity index (χ1v) is 9.59. The van der Waals surface area contributed by atoms with Crippen LogP contribution in [-0.2, 0) is 4.79 Å². The molecule has 2 aliphatic rings. The standard InChI is InChI=1S/C19H29N5O4/c1-27-15-6-5-14(12-16(15)28-2)23-11-10-22(19(23)26)9-7-21-13-18(25)24-8-3-4-17(24)20/h5-6,12,17,21H,3-4,7-11,13,20H2,1-2H3/t17-/m0/s1. The van der Waals surface area contributed by atoms with Gasteiger partial charge >= 0.3 is 6.03 Å². The van der Waals surface area contributed by atoms with Gasteiger partial charge in [-0.2, -0.15) is 0 Å². The number of methoxy groups -OCH3 is 2. The van der Waals surface area contributed by atoms with Gasteiger partial charge in [-0.25, -0.2) is 4.79 Å². The van der Waals surface area contributed by atoms with Gasteiger partial charge in [-0.3, -0.25) is 9.69 Å². The van der Waals surface area contributed by atoms with Gasteiger partial charge in [0.2, 0.25) is 5.91 Å². The molecule has 9 nitrogen and oxygen atoms in total. The number of rotatable bonds is 8. The van der Waals surface area contributed by atoms with Crippen LogP contribution in [0.5, 0.6) is 11.5 Å². The van der Waals surface area contributed by atoms with E-state index in [0.717, 1.165) is 25.1 Å². The highest BCUT2D eigenvalue weighted by Crippen LogP contribution is 2.32. The number of carbonyl (C=O) groups excluding carboxylic acids is 2. The van der Waals surface area contributed by atoms with Crippen LogP contribution in [0, 0.1) is 0 Å². The molecule has 9 heteroatoms. The van der Waals surface area contributed by atoms with Crippen molar-refractivity contribution in [2.45, 2.75) is 19.0 Å². The molecule has 3 rings (SSSR count). The Bertz CT molecular complexity index is 714. The highest BCUT2D eigenvalue weighted by molar-refractivity contribution is 5.94. The summed E-state index contributed by atoms with van der Waals surface area (Å²) in [7, 11) is 3.15. The third-order valence-corrected chi connectivity index (χ3v) is 5.23. The van der Waals surface area contributed by atoms with Crippen molar-refractivity contribution in [3.8, 4) is 11.5 Å². The number of amides is 3. The summed E-state index contributed by atoms with van der Waals surface area (Å²) in [4.78, 5) is 30.0. The molecular weight excluding hydrogens is 362 g/mol. The summed E-state index contributed by atoms with van der Waals surface area (Å²) in [6.45, 7) is 3.32. The normalized spacial score (nSPS) is 19.5. The van der Waals surface area contributed by atoms with Crippen molar-refractivity contribution in [1.82, 2.24) is 15.1 Å². The van der Waals surface area contributed by atoms with E-state index >= 15 is 0 Å². The van der Waals surface area contributed by atoms with Crippen LogP contribution in [0.1, 0.15) is 12.8 Å². The first-order valence-electron chi connectivity index (χ1n) is 9.59. The fraction of sp³-hybridized carbons (Fsp3) is 0.579. The number of anilines is 1. The van der Waals surface area contributed by atoms with E-state index in [2.05, 4.69) is 5.32 Å². The summed E-state index contributed by atoms with van der Waals surface area (Å²) in [6.07, 6.45) is 1.66. The minimum atomic E-state index is -0.162. The zero-order valence-corrected chi connectivity index (χ0v) is 16.5. The van der Waals surface area contributed by atoms with Gasteiger partial charge in [0.1, 0.15) is 0 Å². The number of hydrogen-bond donors (Lipinski definition) is 2. The molecule has 0 spiro atoms. The molecule has 2 fully saturated rings. The van der Waals surface area contributed by atoms with Crippen LogP contribution in [0.4, 0.5) is 10.5 Å². The minimum Gasteiger partial charge on any atom is -0.493 e. The van der Waals surface area contributed by atoms with E-state index in [4.69, 9.17) is 15.2 Å². The van der Waals surface area contributed by atoms with Crippen LogP contribution in [0.25, 0.3) is 0 Å². The second-order valence-electron chi connectivity index (χ2n) is 6.93. The molecule has 2 heterocycles. The monoisotopic (exact) mass is 391 g/mol. The summed E-state index contributed by atoms with van der Waals surface area (Å²) >= 11 is 0. The average Bonchev–Trinajstić information content (AvgIpc) is 3.30. The van der Waals surface area contributed by atoms with Crippen LogP contribution in [0.15, 0.2) is 18.2 Å². The number of nitrogens with zero attached hydrogens (tertiary/aromatic N) is 3. The predicted molar refractivity (Wildman–Crippen MR) is 106 cm³/mol. The van der Waals surface area contributed by atoms with Crippen molar-refractivity contribution in [3.05, 3.63) is 18.2 Å². The fourth-order valence-electron chi connectivity index (χ4n) is 3.64. The highest BCUT2D eigenvalue weighted by atomic mass is 16.5. The number of benzene rings is 1.